The number of aryl methyl sites for hydroxylation is 1. The molecule has 3 aromatic rings. The molecular formula is C20H19ClFN3O3S2. The molecule has 1 N–H and O–H groups in total. The van der Waals surface area contributed by atoms with Crippen LogP contribution in [0.15, 0.2) is 41.3 Å². The first-order valence-corrected chi connectivity index (χ1v) is 12.0. The molecule has 1 aliphatic heterocycles. The molecule has 158 valence electrons. The van der Waals surface area contributed by atoms with Gasteiger partial charge in [0, 0.05) is 18.1 Å². The summed E-state index contributed by atoms with van der Waals surface area (Å²) in [7, 11) is -3.79. The van der Waals surface area contributed by atoms with E-state index in [4.69, 9.17) is 11.6 Å². The largest absolute Gasteiger partial charge is 0.302 e. The Morgan fingerprint density at radius 3 is 2.73 bits per heavy atom. The molecule has 1 atom stereocenters. The monoisotopic (exact) mass is 467 g/mol. The fraction of sp³-hybridized carbons (Fsp3) is 0.300. The quantitative estimate of drug-likeness (QED) is 0.615. The Kier molecular flexibility index (Phi) is 5.80. The molecule has 2 aromatic carbocycles. The van der Waals surface area contributed by atoms with Crippen molar-refractivity contribution in [1.82, 2.24) is 9.29 Å². The number of halogens is 2. The lowest BCUT2D eigenvalue weighted by atomic mass is 9.99. The molecule has 0 aliphatic carbocycles. The van der Waals surface area contributed by atoms with E-state index in [0.717, 1.165) is 27.9 Å². The lowest BCUT2D eigenvalue weighted by Crippen LogP contribution is -2.43. The van der Waals surface area contributed by atoms with E-state index >= 15 is 0 Å². The number of hydrogen-bond donors (Lipinski definition) is 1. The van der Waals surface area contributed by atoms with E-state index in [-0.39, 0.29) is 17.3 Å². The zero-order valence-corrected chi connectivity index (χ0v) is 18.5. The average Bonchev–Trinajstić information content (AvgIpc) is 3.14. The van der Waals surface area contributed by atoms with Gasteiger partial charge in [-0.05, 0) is 61.7 Å². The van der Waals surface area contributed by atoms with Gasteiger partial charge in [-0.2, -0.15) is 4.31 Å². The Morgan fingerprint density at radius 1 is 1.27 bits per heavy atom. The van der Waals surface area contributed by atoms with Crippen molar-refractivity contribution in [3.05, 3.63) is 52.8 Å². The van der Waals surface area contributed by atoms with Crippen LogP contribution in [-0.4, -0.2) is 36.7 Å². The normalized spacial score (nSPS) is 17.9. The Hall–Kier alpha value is -2.07. The number of fused-ring (bicyclic) bond motifs is 1. The van der Waals surface area contributed by atoms with Crippen molar-refractivity contribution in [2.45, 2.75) is 24.7 Å². The summed E-state index contributed by atoms with van der Waals surface area (Å²) in [5.41, 5.74) is 1.59. The Morgan fingerprint density at radius 2 is 2.00 bits per heavy atom. The first-order valence-electron chi connectivity index (χ1n) is 9.38. The number of rotatable bonds is 4. The van der Waals surface area contributed by atoms with Gasteiger partial charge in [-0.3, -0.25) is 4.79 Å². The number of anilines is 1. The van der Waals surface area contributed by atoms with Crippen LogP contribution in [0.3, 0.4) is 0 Å². The molecular weight excluding hydrogens is 449 g/mol. The van der Waals surface area contributed by atoms with E-state index in [9.17, 15) is 17.6 Å². The topological polar surface area (TPSA) is 79.4 Å². The van der Waals surface area contributed by atoms with Gasteiger partial charge in [-0.1, -0.05) is 22.9 Å². The highest BCUT2D eigenvalue weighted by Gasteiger charge is 2.33. The van der Waals surface area contributed by atoms with E-state index < -0.39 is 21.8 Å². The van der Waals surface area contributed by atoms with E-state index in [1.807, 2.05) is 13.0 Å². The molecule has 1 fully saturated rings. The third-order valence-electron chi connectivity index (χ3n) is 5.18. The molecule has 1 aliphatic rings. The number of amides is 1. The summed E-state index contributed by atoms with van der Waals surface area (Å²) in [6, 6.07) is 8.36. The van der Waals surface area contributed by atoms with Crippen LogP contribution in [0.25, 0.3) is 10.2 Å². The summed E-state index contributed by atoms with van der Waals surface area (Å²) in [6.45, 7) is 2.26. The van der Waals surface area contributed by atoms with Gasteiger partial charge in [0.1, 0.15) is 5.82 Å². The fourth-order valence-corrected chi connectivity index (χ4v) is 6.10. The van der Waals surface area contributed by atoms with Crippen molar-refractivity contribution < 1.29 is 17.6 Å². The molecule has 1 amide bonds. The minimum Gasteiger partial charge on any atom is -0.302 e. The van der Waals surface area contributed by atoms with Crippen LogP contribution >= 0.6 is 22.9 Å². The molecule has 6 nitrogen and oxygen atoms in total. The second kappa shape index (κ2) is 8.22. The highest BCUT2D eigenvalue weighted by Crippen LogP contribution is 2.32. The maximum Gasteiger partial charge on any atom is 0.243 e. The first-order chi connectivity index (χ1) is 14.3. The van der Waals surface area contributed by atoms with Crippen LogP contribution in [0.5, 0.6) is 0 Å². The standard InChI is InChI=1S/C20H19ClFN3O3S2/c1-12-16(21)8-9-17-18(12)23-20(29-17)24-19(26)13-3-2-10-25(11-13)30(27,28)15-6-4-14(22)5-7-15/h4-9,13H,2-3,10-11H2,1H3,(H,23,24,26). The van der Waals surface area contributed by atoms with Gasteiger partial charge < -0.3 is 5.32 Å². The van der Waals surface area contributed by atoms with E-state index in [2.05, 4.69) is 10.3 Å². The van der Waals surface area contributed by atoms with Crippen molar-refractivity contribution in [3.63, 3.8) is 0 Å². The number of benzene rings is 2. The zero-order valence-electron chi connectivity index (χ0n) is 16.1. The Bertz CT molecular complexity index is 1210. The summed E-state index contributed by atoms with van der Waals surface area (Å²) < 4.78 is 41.1. The molecule has 1 unspecified atom stereocenters. The number of piperidine rings is 1. The van der Waals surface area contributed by atoms with E-state index in [0.29, 0.717) is 29.5 Å². The predicted molar refractivity (Wildman–Crippen MR) is 116 cm³/mol. The van der Waals surface area contributed by atoms with Gasteiger partial charge in [0.25, 0.3) is 0 Å². The van der Waals surface area contributed by atoms with Crippen LogP contribution in [0.4, 0.5) is 9.52 Å². The number of carbonyl (C=O) groups excluding carboxylic acids is 1. The Balaban J connectivity index is 1.50. The van der Waals surface area contributed by atoms with Crippen LogP contribution in [-0.2, 0) is 14.8 Å². The van der Waals surface area contributed by atoms with Gasteiger partial charge in [-0.25, -0.2) is 17.8 Å². The maximum absolute atomic E-state index is 13.1. The van der Waals surface area contributed by atoms with Crippen LogP contribution in [0, 0.1) is 18.7 Å². The molecule has 10 heteroatoms. The summed E-state index contributed by atoms with van der Waals surface area (Å²) >= 11 is 7.48. The third-order valence-corrected chi connectivity index (χ3v) is 8.41. The number of nitrogens with zero attached hydrogens (tertiary/aromatic N) is 2. The van der Waals surface area contributed by atoms with Crippen LogP contribution in [0.1, 0.15) is 18.4 Å². The number of sulfonamides is 1. The van der Waals surface area contributed by atoms with Gasteiger partial charge in [0.2, 0.25) is 15.9 Å². The minimum atomic E-state index is -3.79. The van der Waals surface area contributed by atoms with Crippen molar-refractivity contribution in [1.29, 1.82) is 0 Å². The molecule has 30 heavy (non-hydrogen) atoms. The van der Waals surface area contributed by atoms with E-state index in [1.165, 1.54) is 27.8 Å². The molecule has 0 saturated carbocycles. The number of aromatic nitrogens is 1. The van der Waals surface area contributed by atoms with Crippen LogP contribution in [0.2, 0.25) is 5.02 Å². The number of nitrogens with one attached hydrogen (secondary N) is 1. The van der Waals surface area contributed by atoms with Crippen molar-refractivity contribution in [2.75, 3.05) is 18.4 Å². The van der Waals surface area contributed by atoms with Crippen molar-refractivity contribution >= 4 is 54.2 Å². The molecule has 2 heterocycles. The molecule has 0 bridgehead atoms. The van der Waals surface area contributed by atoms with Gasteiger partial charge in [0.15, 0.2) is 5.13 Å². The lowest BCUT2D eigenvalue weighted by Gasteiger charge is -2.31. The molecule has 1 aromatic heterocycles. The predicted octanol–water partition coefficient (Wildman–Crippen LogP) is 4.44. The molecule has 1 saturated heterocycles. The van der Waals surface area contributed by atoms with Gasteiger partial charge >= 0.3 is 0 Å². The molecule has 4 rings (SSSR count). The van der Waals surface area contributed by atoms with E-state index in [1.54, 1.807) is 6.07 Å². The van der Waals surface area contributed by atoms with Gasteiger partial charge in [0.05, 0.1) is 21.0 Å². The number of carbonyl (C=O) groups is 1. The molecule has 0 spiro atoms. The third kappa shape index (κ3) is 4.07. The Labute approximate surface area is 182 Å². The minimum absolute atomic E-state index is 0.0171. The average molecular weight is 468 g/mol. The second-order valence-corrected chi connectivity index (χ2v) is 10.6. The van der Waals surface area contributed by atoms with Crippen LogP contribution < -0.4 is 5.32 Å². The highest BCUT2D eigenvalue weighted by atomic mass is 35.5. The number of hydrogen-bond acceptors (Lipinski definition) is 5. The maximum atomic E-state index is 13.1. The SMILES string of the molecule is Cc1c(Cl)ccc2sc(NC(=O)C3CCCN(S(=O)(=O)c4ccc(F)cc4)C3)nc12. The summed E-state index contributed by atoms with van der Waals surface area (Å²) in [6.07, 6.45) is 1.14. The first kappa shape index (κ1) is 21.2. The summed E-state index contributed by atoms with van der Waals surface area (Å²) in [5, 5.41) is 3.89. The highest BCUT2D eigenvalue weighted by molar-refractivity contribution is 7.89. The van der Waals surface area contributed by atoms with Crippen molar-refractivity contribution in [3.8, 4) is 0 Å². The molecule has 0 radical (unpaired) electrons. The van der Waals surface area contributed by atoms with Crippen molar-refractivity contribution in [2.24, 2.45) is 5.92 Å². The zero-order chi connectivity index (χ0) is 21.5. The summed E-state index contributed by atoms with van der Waals surface area (Å²) in [5.74, 6) is -1.26. The smallest absolute Gasteiger partial charge is 0.243 e. The fourth-order valence-electron chi connectivity index (χ4n) is 3.49. The summed E-state index contributed by atoms with van der Waals surface area (Å²) in [4.78, 5) is 17.3. The second-order valence-electron chi connectivity index (χ2n) is 7.18. The number of thiazole rings is 1. The van der Waals surface area contributed by atoms with Gasteiger partial charge in [-0.15, -0.1) is 0 Å². The lowest BCUT2D eigenvalue weighted by molar-refractivity contribution is -0.120.